The molecule has 2 aliphatic rings. The third-order valence-corrected chi connectivity index (χ3v) is 6.09. The molecule has 1 saturated heterocycles. The number of carbonyl (C=O) groups excluding carboxylic acids is 2. The number of aryl methyl sites for hydroxylation is 2. The molecule has 2 aromatic heterocycles. The lowest BCUT2D eigenvalue weighted by molar-refractivity contribution is 0.0403. The number of nitrogens with zero attached hydrogens (tertiary/aromatic N) is 4. The van der Waals surface area contributed by atoms with Crippen molar-refractivity contribution in [2.75, 3.05) is 13.1 Å². The fraction of sp³-hybridized carbons (Fsp3) is 0.391. The Balaban J connectivity index is 1.29. The zero-order valence-corrected chi connectivity index (χ0v) is 17.6. The Labute approximate surface area is 179 Å². The number of carbonyl (C=O) groups is 2. The third-order valence-electron chi connectivity index (χ3n) is 6.09. The van der Waals surface area contributed by atoms with Crippen molar-refractivity contribution in [3.8, 4) is 17.1 Å². The van der Waals surface area contributed by atoms with Gasteiger partial charge < -0.3 is 14.2 Å². The summed E-state index contributed by atoms with van der Waals surface area (Å²) in [7, 11) is 1.82. The van der Waals surface area contributed by atoms with E-state index in [2.05, 4.69) is 10.3 Å². The van der Waals surface area contributed by atoms with Crippen molar-refractivity contribution in [2.24, 2.45) is 13.0 Å². The van der Waals surface area contributed by atoms with Gasteiger partial charge in [-0.3, -0.25) is 14.3 Å². The highest BCUT2D eigenvalue weighted by molar-refractivity contribution is 6.00. The van der Waals surface area contributed by atoms with Crippen LogP contribution in [0.4, 0.5) is 0 Å². The normalized spacial score (nSPS) is 21.0. The maximum absolute atomic E-state index is 13.1. The number of benzene rings is 1. The minimum atomic E-state index is -0.221. The molecule has 2 unspecified atom stereocenters. The molecule has 0 saturated carbocycles. The first kappa shape index (κ1) is 19.5. The summed E-state index contributed by atoms with van der Waals surface area (Å²) < 4.78 is 13.2. The van der Waals surface area contributed by atoms with E-state index in [0.29, 0.717) is 36.6 Å². The number of likely N-dealkylation sites (tertiary alicyclic amines) is 1. The summed E-state index contributed by atoms with van der Waals surface area (Å²) in [5.74, 6) is 1.20. The number of aromatic nitrogens is 3. The van der Waals surface area contributed by atoms with E-state index < -0.39 is 0 Å². The van der Waals surface area contributed by atoms with Crippen molar-refractivity contribution in [3.63, 3.8) is 0 Å². The highest BCUT2D eigenvalue weighted by atomic mass is 16.5. The predicted molar refractivity (Wildman–Crippen MR) is 112 cm³/mol. The number of hydrogen-bond acceptors (Lipinski definition) is 6. The fourth-order valence-electron chi connectivity index (χ4n) is 4.45. The molecule has 3 aromatic rings. The SMILES string of the molecule is Cc1ccc2c(c1)C(=O)CC(C1CCCN(C(=O)c3cc(-c4cnn(C)c4)on3)C1)O2. The highest BCUT2D eigenvalue weighted by Crippen LogP contribution is 2.34. The second-order valence-electron chi connectivity index (χ2n) is 8.42. The van der Waals surface area contributed by atoms with Crippen molar-refractivity contribution in [1.29, 1.82) is 0 Å². The van der Waals surface area contributed by atoms with Crippen LogP contribution >= 0.6 is 0 Å². The molecule has 0 spiro atoms. The fourth-order valence-corrected chi connectivity index (χ4v) is 4.45. The number of amides is 1. The molecule has 1 fully saturated rings. The van der Waals surface area contributed by atoms with Gasteiger partial charge in [-0.05, 0) is 31.9 Å². The molecule has 1 aromatic carbocycles. The Hall–Kier alpha value is -3.42. The second-order valence-corrected chi connectivity index (χ2v) is 8.42. The van der Waals surface area contributed by atoms with Gasteiger partial charge in [0.2, 0.25) is 0 Å². The van der Waals surface area contributed by atoms with Gasteiger partial charge in [-0.2, -0.15) is 5.10 Å². The summed E-state index contributed by atoms with van der Waals surface area (Å²) in [5.41, 5.74) is 2.75. The zero-order chi connectivity index (χ0) is 21.5. The lowest BCUT2D eigenvalue weighted by atomic mass is 9.86. The molecule has 2 atom stereocenters. The standard InChI is InChI=1S/C23H24N4O4/c1-14-5-6-20-17(8-14)19(28)10-21(30-20)15-4-3-7-27(13-15)23(29)18-9-22(31-25-18)16-11-24-26(2)12-16/h5-6,8-9,11-12,15,21H,3-4,7,10,13H2,1-2H3. The Morgan fingerprint density at radius 3 is 2.94 bits per heavy atom. The van der Waals surface area contributed by atoms with Crippen LogP contribution in [0.5, 0.6) is 5.75 Å². The van der Waals surface area contributed by atoms with Crippen molar-refractivity contribution < 1.29 is 18.8 Å². The molecular formula is C23H24N4O4. The van der Waals surface area contributed by atoms with E-state index in [1.165, 1.54) is 0 Å². The molecule has 2 aliphatic heterocycles. The van der Waals surface area contributed by atoms with E-state index in [0.717, 1.165) is 24.0 Å². The number of piperidine rings is 1. The van der Waals surface area contributed by atoms with Gasteiger partial charge in [0.25, 0.3) is 5.91 Å². The Bertz CT molecular complexity index is 1150. The molecule has 160 valence electrons. The van der Waals surface area contributed by atoms with Gasteiger partial charge in [-0.25, -0.2) is 0 Å². The van der Waals surface area contributed by atoms with Gasteiger partial charge in [-0.15, -0.1) is 0 Å². The minimum absolute atomic E-state index is 0.0980. The minimum Gasteiger partial charge on any atom is -0.489 e. The van der Waals surface area contributed by atoms with Crippen molar-refractivity contribution >= 4 is 11.7 Å². The highest BCUT2D eigenvalue weighted by Gasteiger charge is 2.36. The maximum atomic E-state index is 13.1. The monoisotopic (exact) mass is 420 g/mol. The molecule has 0 aliphatic carbocycles. The Morgan fingerprint density at radius 2 is 2.13 bits per heavy atom. The number of hydrogen-bond donors (Lipinski definition) is 0. The van der Waals surface area contributed by atoms with E-state index in [1.54, 1.807) is 21.8 Å². The molecule has 5 rings (SSSR count). The van der Waals surface area contributed by atoms with Crippen LogP contribution in [0, 0.1) is 12.8 Å². The average Bonchev–Trinajstić information content (AvgIpc) is 3.43. The van der Waals surface area contributed by atoms with Gasteiger partial charge in [0.15, 0.2) is 17.2 Å². The topological polar surface area (TPSA) is 90.5 Å². The predicted octanol–water partition coefficient (Wildman–Crippen LogP) is 3.27. The molecule has 4 heterocycles. The number of ether oxygens (including phenoxy) is 1. The molecule has 1 amide bonds. The lowest BCUT2D eigenvalue weighted by Crippen LogP contribution is -2.46. The van der Waals surface area contributed by atoms with Crippen LogP contribution in [0.15, 0.2) is 41.2 Å². The smallest absolute Gasteiger partial charge is 0.276 e. The van der Waals surface area contributed by atoms with Crippen LogP contribution in [0.2, 0.25) is 0 Å². The van der Waals surface area contributed by atoms with Crippen LogP contribution in [-0.2, 0) is 7.05 Å². The summed E-state index contributed by atoms with van der Waals surface area (Å²) in [5, 5.41) is 8.09. The van der Waals surface area contributed by atoms with Gasteiger partial charge in [0, 0.05) is 44.7 Å². The van der Waals surface area contributed by atoms with E-state index in [4.69, 9.17) is 9.26 Å². The Kier molecular flexibility index (Phi) is 4.84. The van der Waals surface area contributed by atoms with Crippen LogP contribution in [0.1, 0.15) is 45.7 Å². The number of Topliss-reactive ketones (excluding diaryl/α,β-unsaturated/α-hetero) is 1. The first-order valence-electron chi connectivity index (χ1n) is 10.5. The Morgan fingerprint density at radius 1 is 1.26 bits per heavy atom. The van der Waals surface area contributed by atoms with E-state index in [1.807, 2.05) is 38.4 Å². The second kappa shape index (κ2) is 7.68. The van der Waals surface area contributed by atoms with E-state index >= 15 is 0 Å². The molecular weight excluding hydrogens is 396 g/mol. The van der Waals surface area contributed by atoms with Crippen LogP contribution in [0.25, 0.3) is 11.3 Å². The summed E-state index contributed by atoms with van der Waals surface area (Å²) >= 11 is 0. The summed E-state index contributed by atoms with van der Waals surface area (Å²) in [6, 6.07) is 7.36. The zero-order valence-electron chi connectivity index (χ0n) is 17.6. The first-order valence-corrected chi connectivity index (χ1v) is 10.5. The molecule has 8 heteroatoms. The van der Waals surface area contributed by atoms with Gasteiger partial charge in [-0.1, -0.05) is 16.8 Å². The van der Waals surface area contributed by atoms with Crippen LogP contribution in [-0.4, -0.2) is 50.7 Å². The summed E-state index contributed by atoms with van der Waals surface area (Å²) in [6.07, 6.45) is 5.38. The quantitative estimate of drug-likeness (QED) is 0.646. The number of rotatable bonds is 3. The van der Waals surface area contributed by atoms with Crippen molar-refractivity contribution in [1.82, 2.24) is 19.8 Å². The van der Waals surface area contributed by atoms with Crippen LogP contribution in [0.3, 0.4) is 0 Å². The van der Waals surface area contributed by atoms with Crippen molar-refractivity contribution in [2.45, 2.75) is 32.3 Å². The molecule has 8 nitrogen and oxygen atoms in total. The largest absolute Gasteiger partial charge is 0.489 e. The lowest BCUT2D eigenvalue weighted by Gasteiger charge is -2.38. The molecule has 0 N–H and O–H groups in total. The van der Waals surface area contributed by atoms with Gasteiger partial charge in [0.1, 0.15) is 11.9 Å². The number of ketones is 1. The molecule has 0 radical (unpaired) electrons. The third kappa shape index (κ3) is 3.73. The van der Waals surface area contributed by atoms with Gasteiger partial charge in [0.05, 0.1) is 17.3 Å². The van der Waals surface area contributed by atoms with E-state index in [-0.39, 0.29) is 29.4 Å². The number of fused-ring (bicyclic) bond motifs is 1. The molecule has 0 bridgehead atoms. The van der Waals surface area contributed by atoms with E-state index in [9.17, 15) is 9.59 Å². The summed E-state index contributed by atoms with van der Waals surface area (Å²) in [4.78, 5) is 27.5. The van der Waals surface area contributed by atoms with Gasteiger partial charge >= 0.3 is 0 Å². The average molecular weight is 420 g/mol. The molecule has 31 heavy (non-hydrogen) atoms. The first-order chi connectivity index (χ1) is 15.0. The maximum Gasteiger partial charge on any atom is 0.276 e. The van der Waals surface area contributed by atoms with Crippen LogP contribution < -0.4 is 4.74 Å². The van der Waals surface area contributed by atoms with Crippen molar-refractivity contribution in [3.05, 3.63) is 53.5 Å². The summed E-state index contributed by atoms with van der Waals surface area (Å²) in [6.45, 7) is 3.15.